The van der Waals surface area contributed by atoms with Crippen molar-refractivity contribution in [2.45, 2.75) is 12.8 Å². The van der Waals surface area contributed by atoms with E-state index in [1.54, 1.807) is 7.11 Å². The molecular formula is C14H18O2. The van der Waals surface area contributed by atoms with Gasteiger partial charge in [-0.2, -0.15) is 0 Å². The van der Waals surface area contributed by atoms with E-state index in [-0.39, 0.29) is 0 Å². The van der Waals surface area contributed by atoms with Gasteiger partial charge in [0.1, 0.15) is 0 Å². The zero-order chi connectivity index (χ0) is 11.8. The van der Waals surface area contributed by atoms with Gasteiger partial charge in [-0.05, 0) is 30.5 Å². The fourth-order valence-electron chi connectivity index (χ4n) is 1.38. The summed E-state index contributed by atoms with van der Waals surface area (Å²) in [6, 6.07) is 5.93. The molecule has 0 aliphatic carbocycles. The molecule has 0 fully saturated rings. The summed E-state index contributed by atoms with van der Waals surface area (Å²) in [6.07, 6.45) is 5.37. The summed E-state index contributed by atoms with van der Waals surface area (Å²) in [5.41, 5.74) is 1.17. The summed E-state index contributed by atoms with van der Waals surface area (Å²) < 4.78 is 10.9. The number of rotatable bonds is 7. The maximum absolute atomic E-state index is 5.58. The molecule has 86 valence electrons. The molecule has 1 aromatic carbocycles. The molecule has 1 aromatic rings. The van der Waals surface area contributed by atoms with Gasteiger partial charge in [-0.3, -0.25) is 0 Å². The van der Waals surface area contributed by atoms with Crippen LogP contribution >= 0.6 is 0 Å². The van der Waals surface area contributed by atoms with Crippen LogP contribution in [-0.2, 0) is 6.42 Å². The van der Waals surface area contributed by atoms with Gasteiger partial charge in [-0.15, -0.1) is 13.2 Å². The Morgan fingerprint density at radius 2 is 2.00 bits per heavy atom. The van der Waals surface area contributed by atoms with Gasteiger partial charge >= 0.3 is 0 Å². The van der Waals surface area contributed by atoms with Gasteiger partial charge in [0, 0.05) is 0 Å². The molecule has 0 amide bonds. The minimum atomic E-state index is 0.626. The lowest BCUT2D eigenvalue weighted by molar-refractivity contribution is 0.300. The first-order valence-electron chi connectivity index (χ1n) is 5.33. The van der Waals surface area contributed by atoms with E-state index in [0.29, 0.717) is 6.61 Å². The SMILES string of the molecule is C=CCCOc1ccc(CC=C)cc1OC. The zero-order valence-corrected chi connectivity index (χ0v) is 9.74. The minimum Gasteiger partial charge on any atom is -0.493 e. The summed E-state index contributed by atoms with van der Waals surface area (Å²) in [5.74, 6) is 1.54. The lowest BCUT2D eigenvalue weighted by atomic mass is 10.1. The Balaban J connectivity index is 2.75. The lowest BCUT2D eigenvalue weighted by Crippen LogP contribution is -1.98. The van der Waals surface area contributed by atoms with Crippen molar-refractivity contribution in [3.8, 4) is 11.5 Å². The molecule has 0 saturated heterocycles. The Bertz CT molecular complexity index is 356. The second kappa shape index (κ2) is 6.72. The molecule has 0 saturated carbocycles. The third-order valence-electron chi connectivity index (χ3n) is 2.19. The van der Waals surface area contributed by atoms with Crippen molar-refractivity contribution in [2.24, 2.45) is 0 Å². The second-order valence-corrected chi connectivity index (χ2v) is 3.40. The van der Waals surface area contributed by atoms with Gasteiger partial charge < -0.3 is 9.47 Å². The number of benzene rings is 1. The first-order valence-corrected chi connectivity index (χ1v) is 5.33. The third kappa shape index (κ3) is 3.46. The second-order valence-electron chi connectivity index (χ2n) is 3.40. The van der Waals surface area contributed by atoms with Crippen molar-refractivity contribution >= 4 is 0 Å². The Morgan fingerprint density at radius 3 is 2.62 bits per heavy atom. The predicted octanol–water partition coefficient (Wildman–Crippen LogP) is 3.38. The van der Waals surface area contributed by atoms with E-state index in [2.05, 4.69) is 13.2 Å². The molecule has 0 atom stereocenters. The van der Waals surface area contributed by atoms with E-state index in [1.807, 2.05) is 30.4 Å². The maximum atomic E-state index is 5.58. The Kier molecular flexibility index (Phi) is 5.20. The summed E-state index contributed by atoms with van der Waals surface area (Å²) in [7, 11) is 1.65. The van der Waals surface area contributed by atoms with Crippen LogP contribution in [0.25, 0.3) is 0 Å². The van der Waals surface area contributed by atoms with Crippen LogP contribution < -0.4 is 9.47 Å². The smallest absolute Gasteiger partial charge is 0.161 e. The van der Waals surface area contributed by atoms with Crippen LogP contribution in [-0.4, -0.2) is 13.7 Å². The zero-order valence-electron chi connectivity index (χ0n) is 9.74. The van der Waals surface area contributed by atoms with E-state index in [9.17, 15) is 0 Å². The van der Waals surface area contributed by atoms with Crippen molar-refractivity contribution in [1.82, 2.24) is 0 Å². The molecule has 0 radical (unpaired) electrons. The minimum absolute atomic E-state index is 0.626. The van der Waals surface area contributed by atoms with Gasteiger partial charge in [-0.1, -0.05) is 18.2 Å². The largest absolute Gasteiger partial charge is 0.493 e. The molecule has 0 unspecified atom stereocenters. The lowest BCUT2D eigenvalue weighted by Gasteiger charge is -2.11. The molecule has 0 aliphatic heterocycles. The highest BCUT2D eigenvalue weighted by molar-refractivity contribution is 5.43. The van der Waals surface area contributed by atoms with Crippen LogP contribution in [0.1, 0.15) is 12.0 Å². The quantitative estimate of drug-likeness (QED) is 0.516. The molecule has 1 rings (SSSR count). The van der Waals surface area contributed by atoms with E-state index in [1.165, 1.54) is 5.56 Å². The van der Waals surface area contributed by atoms with Crippen molar-refractivity contribution in [1.29, 1.82) is 0 Å². The maximum Gasteiger partial charge on any atom is 0.161 e. The molecule has 0 bridgehead atoms. The molecule has 0 aliphatic rings. The van der Waals surface area contributed by atoms with Crippen molar-refractivity contribution in [3.05, 3.63) is 49.1 Å². The molecule has 0 heterocycles. The van der Waals surface area contributed by atoms with Gasteiger partial charge in [0.25, 0.3) is 0 Å². The van der Waals surface area contributed by atoms with Gasteiger partial charge in [-0.25, -0.2) is 0 Å². The highest BCUT2D eigenvalue weighted by atomic mass is 16.5. The average molecular weight is 218 g/mol. The number of hydrogen-bond acceptors (Lipinski definition) is 2. The Morgan fingerprint density at radius 1 is 1.19 bits per heavy atom. The monoisotopic (exact) mass is 218 g/mol. The van der Waals surface area contributed by atoms with E-state index in [4.69, 9.17) is 9.47 Å². The van der Waals surface area contributed by atoms with Gasteiger partial charge in [0.15, 0.2) is 11.5 Å². The normalized spacial score (nSPS) is 9.56. The highest BCUT2D eigenvalue weighted by Crippen LogP contribution is 2.28. The summed E-state index contributed by atoms with van der Waals surface area (Å²) in [4.78, 5) is 0. The number of allylic oxidation sites excluding steroid dienone is 1. The molecule has 0 aromatic heterocycles. The molecule has 16 heavy (non-hydrogen) atoms. The fraction of sp³-hybridized carbons (Fsp3) is 0.286. The van der Waals surface area contributed by atoms with Crippen molar-refractivity contribution < 1.29 is 9.47 Å². The van der Waals surface area contributed by atoms with Crippen LogP contribution in [0.2, 0.25) is 0 Å². The van der Waals surface area contributed by atoms with E-state index >= 15 is 0 Å². The first kappa shape index (κ1) is 12.4. The van der Waals surface area contributed by atoms with Crippen LogP contribution in [0.15, 0.2) is 43.5 Å². The Labute approximate surface area is 97.2 Å². The molecule has 2 heteroatoms. The number of hydrogen-bond donors (Lipinski definition) is 0. The highest BCUT2D eigenvalue weighted by Gasteiger charge is 2.04. The Hall–Kier alpha value is -1.70. The van der Waals surface area contributed by atoms with Crippen LogP contribution in [0.3, 0.4) is 0 Å². The number of methoxy groups -OCH3 is 1. The standard InChI is InChI=1S/C14H18O2/c1-4-6-10-16-13-9-8-12(7-5-2)11-14(13)15-3/h4-5,8-9,11H,1-2,6-7,10H2,3H3. The van der Waals surface area contributed by atoms with Gasteiger partial charge in [0.05, 0.1) is 13.7 Å². The first-order chi connectivity index (χ1) is 7.81. The molecular weight excluding hydrogens is 200 g/mol. The van der Waals surface area contributed by atoms with Crippen LogP contribution in [0.5, 0.6) is 11.5 Å². The summed E-state index contributed by atoms with van der Waals surface area (Å²) in [6.45, 7) is 7.99. The van der Waals surface area contributed by atoms with Crippen molar-refractivity contribution in [2.75, 3.05) is 13.7 Å². The third-order valence-corrected chi connectivity index (χ3v) is 2.19. The summed E-state index contributed by atoms with van der Waals surface area (Å²) >= 11 is 0. The number of ether oxygens (including phenoxy) is 2. The van der Waals surface area contributed by atoms with Crippen LogP contribution in [0, 0.1) is 0 Å². The van der Waals surface area contributed by atoms with E-state index in [0.717, 1.165) is 24.3 Å². The average Bonchev–Trinajstić information content (AvgIpc) is 2.31. The predicted molar refractivity (Wildman–Crippen MR) is 67.2 cm³/mol. The molecule has 2 nitrogen and oxygen atoms in total. The summed E-state index contributed by atoms with van der Waals surface area (Å²) in [5, 5.41) is 0. The van der Waals surface area contributed by atoms with Gasteiger partial charge in [0.2, 0.25) is 0 Å². The fourth-order valence-corrected chi connectivity index (χ4v) is 1.38. The topological polar surface area (TPSA) is 18.5 Å². The molecule has 0 N–H and O–H groups in total. The van der Waals surface area contributed by atoms with Crippen LogP contribution in [0.4, 0.5) is 0 Å². The van der Waals surface area contributed by atoms with Crippen molar-refractivity contribution in [3.63, 3.8) is 0 Å². The van der Waals surface area contributed by atoms with E-state index < -0.39 is 0 Å². The molecule has 0 spiro atoms.